The van der Waals surface area contributed by atoms with E-state index in [-0.39, 0.29) is 0 Å². The molecule has 7 nitrogen and oxygen atoms in total. The third kappa shape index (κ3) is 2.83. The first-order chi connectivity index (χ1) is 11.3. The summed E-state index contributed by atoms with van der Waals surface area (Å²) < 4.78 is 0. The molecule has 0 amide bonds. The molecule has 0 unspecified atom stereocenters. The number of hydrogen-bond donors (Lipinski definition) is 2. The molecule has 1 aliphatic rings. The van der Waals surface area contributed by atoms with Crippen LogP contribution in [0.1, 0.15) is 5.56 Å². The van der Waals surface area contributed by atoms with Crippen LogP contribution >= 0.6 is 0 Å². The molecule has 2 aromatic heterocycles. The first kappa shape index (κ1) is 14.0. The summed E-state index contributed by atoms with van der Waals surface area (Å²) >= 11 is 0. The molecule has 1 saturated heterocycles. The normalized spacial score (nSPS) is 16.1. The summed E-state index contributed by atoms with van der Waals surface area (Å²) in [4.78, 5) is 20.7. The average molecular weight is 309 g/mol. The number of benzene rings is 1. The van der Waals surface area contributed by atoms with E-state index in [0.29, 0.717) is 22.9 Å². The summed E-state index contributed by atoms with van der Waals surface area (Å²) in [5.74, 6) is 1.12. The van der Waals surface area contributed by atoms with Crippen molar-refractivity contribution in [3.63, 3.8) is 0 Å². The summed E-state index contributed by atoms with van der Waals surface area (Å²) in [6.07, 6.45) is 1.59. The van der Waals surface area contributed by atoms with Gasteiger partial charge in [-0.2, -0.15) is 9.97 Å². The predicted molar refractivity (Wildman–Crippen MR) is 90.0 cm³/mol. The molecule has 1 aliphatic heterocycles. The Balaban J connectivity index is 1.44. The Kier molecular flexibility index (Phi) is 3.55. The van der Waals surface area contributed by atoms with Crippen LogP contribution in [0.15, 0.2) is 36.7 Å². The fourth-order valence-corrected chi connectivity index (χ4v) is 2.93. The lowest BCUT2D eigenvalue weighted by molar-refractivity contribution is 0.249. The highest BCUT2D eigenvalue weighted by molar-refractivity contribution is 5.82. The smallest absolute Gasteiger partial charge is 0.229 e. The van der Waals surface area contributed by atoms with Gasteiger partial charge in [0.15, 0.2) is 11.5 Å². The molecule has 4 rings (SSSR count). The molecule has 0 spiro atoms. The molecule has 3 heterocycles. The predicted octanol–water partition coefficient (Wildman–Crippen LogP) is 1.26. The number of nitrogens with two attached hydrogens (primary N) is 1. The Hall–Kier alpha value is -2.67. The summed E-state index contributed by atoms with van der Waals surface area (Å²) in [5, 5.41) is 0. The fourth-order valence-electron chi connectivity index (χ4n) is 2.93. The minimum absolute atomic E-state index is 0.453. The van der Waals surface area contributed by atoms with Crippen LogP contribution in [0, 0.1) is 0 Å². The van der Waals surface area contributed by atoms with Crippen molar-refractivity contribution in [1.82, 2.24) is 24.8 Å². The van der Waals surface area contributed by atoms with E-state index in [2.05, 4.69) is 54.0 Å². The Morgan fingerprint density at radius 3 is 2.61 bits per heavy atom. The topological polar surface area (TPSA) is 87.0 Å². The quantitative estimate of drug-likeness (QED) is 0.757. The number of nitrogen functional groups attached to an aromatic ring is 1. The molecule has 0 bridgehead atoms. The Morgan fingerprint density at radius 1 is 1.04 bits per heavy atom. The van der Waals surface area contributed by atoms with Crippen LogP contribution in [0.4, 0.5) is 11.8 Å². The molecule has 0 aliphatic carbocycles. The molecule has 0 atom stereocenters. The average Bonchev–Trinajstić information content (AvgIpc) is 3.06. The number of nitrogens with one attached hydrogen (secondary N) is 1. The molecular weight excluding hydrogens is 290 g/mol. The molecule has 3 N–H and O–H groups in total. The van der Waals surface area contributed by atoms with Gasteiger partial charge in [0.2, 0.25) is 5.95 Å². The summed E-state index contributed by atoms with van der Waals surface area (Å²) in [5.41, 5.74) is 8.65. The second-order valence-electron chi connectivity index (χ2n) is 5.76. The van der Waals surface area contributed by atoms with Gasteiger partial charge in [-0.1, -0.05) is 30.3 Å². The molecule has 118 valence electrons. The lowest BCUT2D eigenvalue weighted by atomic mass is 10.2. The molecule has 1 fully saturated rings. The van der Waals surface area contributed by atoms with Gasteiger partial charge in [-0.15, -0.1) is 0 Å². The number of piperazine rings is 1. The molecule has 0 radical (unpaired) electrons. The van der Waals surface area contributed by atoms with E-state index in [9.17, 15) is 0 Å². The zero-order valence-electron chi connectivity index (χ0n) is 12.8. The lowest BCUT2D eigenvalue weighted by Gasteiger charge is -2.34. The van der Waals surface area contributed by atoms with Crippen LogP contribution in [-0.2, 0) is 6.54 Å². The molecule has 23 heavy (non-hydrogen) atoms. The van der Waals surface area contributed by atoms with Crippen molar-refractivity contribution in [2.45, 2.75) is 6.54 Å². The van der Waals surface area contributed by atoms with Crippen LogP contribution in [-0.4, -0.2) is 51.0 Å². The number of nitrogens with zero attached hydrogens (tertiary/aromatic N) is 5. The van der Waals surface area contributed by atoms with E-state index in [1.807, 2.05) is 6.07 Å². The van der Waals surface area contributed by atoms with Crippen molar-refractivity contribution >= 4 is 22.9 Å². The number of aromatic amines is 1. The van der Waals surface area contributed by atoms with Gasteiger partial charge in [0.05, 0.1) is 6.33 Å². The van der Waals surface area contributed by atoms with Gasteiger partial charge in [0.25, 0.3) is 0 Å². The van der Waals surface area contributed by atoms with Crippen LogP contribution in [0.25, 0.3) is 11.2 Å². The molecule has 1 aromatic carbocycles. The van der Waals surface area contributed by atoms with Crippen molar-refractivity contribution < 1.29 is 0 Å². The maximum absolute atomic E-state index is 5.98. The Labute approximate surface area is 134 Å². The van der Waals surface area contributed by atoms with Crippen LogP contribution in [0.2, 0.25) is 0 Å². The minimum Gasteiger partial charge on any atom is -0.382 e. The second-order valence-corrected chi connectivity index (χ2v) is 5.76. The van der Waals surface area contributed by atoms with Crippen molar-refractivity contribution in [2.24, 2.45) is 0 Å². The highest BCUT2D eigenvalue weighted by atomic mass is 15.3. The van der Waals surface area contributed by atoms with Gasteiger partial charge >= 0.3 is 0 Å². The van der Waals surface area contributed by atoms with Crippen molar-refractivity contribution in [1.29, 1.82) is 0 Å². The standard InChI is InChI=1S/C16H19N7/c17-14-13-15(19-11-18-13)21-16(20-14)23-8-6-22(7-9-23)10-12-4-2-1-3-5-12/h1-5,11H,6-10H2,(H3,17,18,19,20,21). The lowest BCUT2D eigenvalue weighted by Crippen LogP contribution is -2.46. The van der Waals surface area contributed by atoms with Crippen LogP contribution < -0.4 is 10.6 Å². The fraction of sp³-hybridized carbons (Fsp3) is 0.312. The van der Waals surface area contributed by atoms with Gasteiger partial charge in [-0.05, 0) is 5.56 Å². The second kappa shape index (κ2) is 5.85. The highest BCUT2D eigenvalue weighted by Crippen LogP contribution is 2.19. The number of aromatic nitrogens is 4. The van der Waals surface area contributed by atoms with Gasteiger partial charge in [-0.3, -0.25) is 4.90 Å². The zero-order valence-corrected chi connectivity index (χ0v) is 12.8. The van der Waals surface area contributed by atoms with Gasteiger partial charge in [0, 0.05) is 32.7 Å². The van der Waals surface area contributed by atoms with Crippen LogP contribution in [0.5, 0.6) is 0 Å². The van der Waals surface area contributed by atoms with E-state index in [1.54, 1.807) is 6.33 Å². The van der Waals surface area contributed by atoms with Gasteiger partial charge in [-0.25, -0.2) is 4.98 Å². The maximum atomic E-state index is 5.98. The summed E-state index contributed by atoms with van der Waals surface area (Å²) in [6, 6.07) is 10.6. The SMILES string of the molecule is Nc1nc(N2CCN(Cc3ccccc3)CC2)nc2nc[nH]c12. The number of anilines is 2. The van der Waals surface area contributed by atoms with Crippen molar-refractivity contribution in [2.75, 3.05) is 36.8 Å². The van der Waals surface area contributed by atoms with Gasteiger partial charge in [0.1, 0.15) is 5.52 Å². The van der Waals surface area contributed by atoms with E-state index >= 15 is 0 Å². The molecule has 0 saturated carbocycles. The summed E-state index contributed by atoms with van der Waals surface area (Å²) in [6.45, 7) is 4.73. The number of fused-ring (bicyclic) bond motifs is 1. The monoisotopic (exact) mass is 309 g/mol. The van der Waals surface area contributed by atoms with Gasteiger partial charge < -0.3 is 15.6 Å². The first-order valence-corrected chi connectivity index (χ1v) is 7.77. The van der Waals surface area contributed by atoms with E-state index in [0.717, 1.165) is 32.7 Å². The maximum Gasteiger partial charge on any atom is 0.229 e. The van der Waals surface area contributed by atoms with Crippen LogP contribution in [0.3, 0.4) is 0 Å². The minimum atomic E-state index is 0.453. The molecule has 3 aromatic rings. The van der Waals surface area contributed by atoms with Crippen molar-refractivity contribution in [3.05, 3.63) is 42.2 Å². The molecular formula is C16H19N7. The number of rotatable bonds is 3. The van der Waals surface area contributed by atoms with Crippen molar-refractivity contribution in [3.8, 4) is 0 Å². The first-order valence-electron chi connectivity index (χ1n) is 7.77. The van der Waals surface area contributed by atoms with E-state index in [4.69, 9.17) is 5.73 Å². The molecule has 7 heteroatoms. The Bertz CT molecular complexity index is 791. The van der Waals surface area contributed by atoms with E-state index < -0.39 is 0 Å². The third-order valence-electron chi connectivity index (χ3n) is 4.21. The van der Waals surface area contributed by atoms with E-state index in [1.165, 1.54) is 5.56 Å². The highest BCUT2D eigenvalue weighted by Gasteiger charge is 2.20. The number of imidazole rings is 1. The number of hydrogen-bond acceptors (Lipinski definition) is 6. The summed E-state index contributed by atoms with van der Waals surface area (Å²) in [7, 11) is 0. The largest absolute Gasteiger partial charge is 0.382 e. The zero-order chi connectivity index (χ0) is 15.6. The third-order valence-corrected chi connectivity index (χ3v) is 4.21. The number of H-pyrrole nitrogens is 1. The Morgan fingerprint density at radius 2 is 1.83 bits per heavy atom.